The van der Waals surface area contributed by atoms with Gasteiger partial charge in [-0.1, -0.05) is 6.92 Å². The number of aryl methyl sites for hydroxylation is 1. The van der Waals surface area contributed by atoms with Gasteiger partial charge in [-0.15, -0.1) is 0 Å². The monoisotopic (exact) mass is 254 g/mol. The van der Waals surface area contributed by atoms with Crippen LogP contribution in [0.4, 0.5) is 0 Å². The first kappa shape index (κ1) is 14.6. The maximum atomic E-state index is 11.6. The van der Waals surface area contributed by atoms with Gasteiger partial charge in [0.2, 0.25) is 5.91 Å². The van der Waals surface area contributed by atoms with Gasteiger partial charge in [0.25, 0.3) is 0 Å². The zero-order valence-corrected chi connectivity index (χ0v) is 11.5. The zero-order valence-electron chi connectivity index (χ0n) is 11.5. The Hall–Kier alpha value is -1.43. The summed E-state index contributed by atoms with van der Waals surface area (Å²) in [4.78, 5) is 15.8. The van der Waals surface area contributed by atoms with Crippen LogP contribution in [0.3, 0.4) is 0 Å². The average Bonchev–Trinajstić information content (AvgIpc) is 2.75. The third-order valence-corrected chi connectivity index (χ3v) is 2.39. The second-order valence-corrected chi connectivity index (χ2v) is 4.49. The molecule has 6 nitrogen and oxygen atoms in total. The molecule has 1 atom stereocenters. The Kier molecular flexibility index (Phi) is 5.77. The number of rotatable bonds is 7. The molecule has 102 valence electrons. The van der Waals surface area contributed by atoms with Gasteiger partial charge in [-0.2, -0.15) is 5.10 Å². The van der Waals surface area contributed by atoms with Gasteiger partial charge in [0.15, 0.2) is 0 Å². The van der Waals surface area contributed by atoms with E-state index in [0.29, 0.717) is 0 Å². The maximum Gasteiger partial charge on any atom is 0.246 e. The van der Waals surface area contributed by atoms with E-state index in [2.05, 4.69) is 22.3 Å². The van der Waals surface area contributed by atoms with Gasteiger partial charge in [0, 0.05) is 6.54 Å². The normalized spacial score (nSPS) is 12.7. The van der Waals surface area contributed by atoms with Crippen LogP contribution >= 0.6 is 0 Å². The highest BCUT2D eigenvalue weighted by molar-refractivity contribution is 5.77. The number of carbonyl (C=O) groups is 1. The van der Waals surface area contributed by atoms with Crippen molar-refractivity contribution in [2.45, 2.75) is 52.8 Å². The summed E-state index contributed by atoms with van der Waals surface area (Å²) in [6.45, 7) is 8.64. The van der Waals surface area contributed by atoms with Crippen molar-refractivity contribution < 1.29 is 9.53 Å². The summed E-state index contributed by atoms with van der Waals surface area (Å²) in [7, 11) is 0. The number of nitrogens with zero attached hydrogens (tertiary/aromatic N) is 3. The van der Waals surface area contributed by atoms with Gasteiger partial charge < -0.3 is 10.1 Å². The van der Waals surface area contributed by atoms with E-state index in [4.69, 9.17) is 4.74 Å². The molecule has 0 bridgehead atoms. The molecule has 0 saturated carbocycles. The van der Waals surface area contributed by atoms with Crippen molar-refractivity contribution in [2.75, 3.05) is 6.61 Å². The molecule has 1 aromatic heterocycles. The molecule has 0 radical (unpaired) electrons. The fraction of sp³-hybridized carbons (Fsp3) is 0.750. The van der Waals surface area contributed by atoms with Gasteiger partial charge >= 0.3 is 0 Å². The highest BCUT2D eigenvalue weighted by Crippen LogP contribution is 2.08. The Morgan fingerprint density at radius 2 is 2.22 bits per heavy atom. The van der Waals surface area contributed by atoms with Gasteiger partial charge in [-0.3, -0.25) is 4.79 Å². The molecule has 0 fully saturated rings. The molecule has 0 aliphatic carbocycles. The van der Waals surface area contributed by atoms with Crippen LogP contribution in [0.1, 0.15) is 46.0 Å². The lowest BCUT2D eigenvalue weighted by molar-refractivity contribution is -0.127. The number of ether oxygens (including phenoxy) is 1. The Bertz CT molecular complexity index is 376. The topological polar surface area (TPSA) is 69.0 Å². The van der Waals surface area contributed by atoms with Gasteiger partial charge in [0.1, 0.15) is 18.8 Å². The molecule has 1 heterocycles. The second-order valence-electron chi connectivity index (χ2n) is 4.49. The summed E-state index contributed by atoms with van der Waals surface area (Å²) in [5, 5.41) is 6.98. The molecule has 0 saturated heterocycles. The Morgan fingerprint density at radius 1 is 1.50 bits per heavy atom. The third-order valence-electron chi connectivity index (χ3n) is 2.39. The molecule has 1 aromatic rings. The zero-order chi connectivity index (χ0) is 13.5. The van der Waals surface area contributed by atoms with E-state index in [-0.39, 0.29) is 24.7 Å². The van der Waals surface area contributed by atoms with Crippen LogP contribution in [0, 0.1) is 0 Å². The predicted molar refractivity (Wildman–Crippen MR) is 68.0 cm³/mol. The highest BCUT2D eigenvalue weighted by atomic mass is 16.5. The molecule has 1 N–H and O–H groups in total. The Labute approximate surface area is 108 Å². The van der Waals surface area contributed by atoms with Crippen molar-refractivity contribution in [1.82, 2.24) is 20.1 Å². The van der Waals surface area contributed by atoms with E-state index in [1.807, 2.05) is 25.5 Å². The molecular formula is C12H22N4O2. The van der Waals surface area contributed by atoms with Crippen molar-refractivity contribution >= 4 is 5.91 Å². The molecule has 18 heavy (non-hydrogen) atoms. The van der Waals surface area contributed by atoms with Crippen molar-refractivity contribution in [3.63, 3.8) is 0 Å². The molecule has 6 heteroatoms. The first-order chi connectivity index (χ1) is 8.54. The van der Waals surface area contributed by atoms with E-state index in [0.717, 1.165) is 18.8 Å². The van der Waals surface area contributed by atoms with Crippen molar-refractivity contribution in [2.24, 2.45) is 0 Å². The number of nitrogens with one attached hydrogen (secondary N) is 1. The summed E-state index contributed by atoms with van der Waals surface area (Å²) >= 11 is 0. The summed E-state index contributed by atoms with van der Waals surface area (Å²) in [5.41, 5.74) is 0. The summed E-state index contributed by atoms with van der Waals surface area (Å²) in [5.74, 6) is 0.636. The molecule has 0 aliphatic heterocycles. The molecule has 0 spiro atoms. The minimum atomic E-state index is -0.165. The predicted octanol–water partition coefficient (Wildman–Crippen LogP) is 1.29. The second kappa shape index (κ2) is 7.10. The molecule has 1 amide bonds. The Balaban J connectivity index is 2.51. The number of amides is 1. The van der Waals surface area contributed by atoms with E-state index < -0.39 is 0 Å². The number of aromatic nitrogens is 3. The van der Waals surface area contributed by atoms with E-state index in [9.17, 15) is 4.79 Å². The lowest BCUT2D eigenvalue weighted by Crippen LogP contribution is -2.32. The van der Waals surface area contributed by atoms with Gasteiger partial charge in [-0.25, -0.2) is 9.67 Å². The summed E-state index contributed by atoms with van der Waals surface area (Å²) in [6, 6.07) is -0.165. The van der Waals surface area contributed by atoms with Crippen LogP contribution in [0.15, 0.2) is 6.33 Å². The number of hydrogen-bond acceptors (Lipinski definition) is 4. The van der Waals surface area contributed by atoms with Crippen LogP contribution < -0.4 is 5.32 Å². The van der Waals surface area contributed by atoms with Gasteiger partial charge in [0.05, 0.1) is 12.1 Å². The van der Waals surface area contributed by atoms with E-state index >= 15 is 0 Å². The lowest BCUT2D eigenvalue weighted by Gasteiger charge is -2.15. The van der Waals surface area contributed by atoms with E-state index in [1.165, 1.54) is 6.33 Å². The third kappa shape index (κ3) is 4.44. The van der Waals surface area contributed by atoms with Crippen LogP contribution in [0.25, 0.3) is 0 Å². The van der Waals surface area contributed by atoms with Crippen molar-refractivity contribution in [1.29, 1.82) is 0 Å². The number of hydrogen-bond donors (Lipinski definition) is 1. The minimum absolute atomic E-state index is 0.0507. The lowest BCUT2D eigenvalue weighted by atomic mass is 10.3. The van der Waals surface area contributed by atoms with Crippen LogP contribution in [0.5, 0.6) is 0 Å². The fourth-order valence-electron chi connectivity index (χ4n) is 1.58. The Morgan fingerprint density at radius 3 is 2.83 bits per heavy atom. The molecule has 0 aliphatic rings. The maximum absolute atomic E-state index is 11.6. The first-order valence-electron chi connectivity index (χ1n) is 6.33. The quantitative estimate of drug-likeness (QED) is 0.796. The van der Waals surface area contributed by atoms with Crippen LogP contribution in [-0.2, 0) is 16.1 Å². The van der Waals surface area contributed by atoms with Crippen molar-refractivity contribution in [3.8, 4) is 0 Å². The smallest absolute Gasteiger partial charge is 0.246 e. The fourth-order valence-corrected chi connectivity index (χ4v) is 1.58. The molecule has 1 unspecified atom stereocenters. The molecule has 0 aromatic carbocycles. The van der Waals surface area contributed by atoms with Gasteiger partial charge in [-0.05, 0) is 27.2 Å². The molecule has 1 rings (SSSR count). The number of carbonyl (C=O) groups excluding carboxylic acids is 1. The highest BCUT2D eigenvalue weighted by Gasteiger charge is 2.15. The largest absolute Gasteiger partial charge is 0.369 e. The van der Waals surface area contributed by atoms with Crippen molar-refractivity contribution in [3.05, 3.63) is 12.2 Å². The summed E-state index contributed by atoms with van der Waals surface area (Å²) < 4.78 is 7.06. The van der Waals surface area contributed by atoms with Crippen LogP contribution in [0.2, 0.25) is 0 Å². The van der Waals surface area contributed by atoms with E-state index in [1.54, 1.807) is 0 Å². The summed E-state index contributed by atoms with van der Waals surface area (Å²) in [6.07, 6.45) is 2.54. The average molecular weight is 254 g/mol. The minimum Gasteiger partial charge on any atom is -0.369 e. The standard InChI is InChI=1S/C12H22N4O2/c1-5-6-16-12(13-8-14-16)10(4)15-11(17)7-18-9(2)3/h8-10H,5-7H2,1-4H3,(H,15,17). The SMILES string of the molecule is CCCn1ncnc1C(C)NC(=O)COC(C)C. The first-order valence-corrected chi connectivity index (χ1v) is 6.33. The molecular weight excluding hydrogens is 232 g/mol. The van der Waals surface area contributed by atoms with Crippen LogP contribution in [-0.4, -0.2) is 33.4 Å².